The first kappa shape index (κ1) is 90.1. The molecule has 92 heavy (non-hydrogen) atoms. The largest absolute Gasteiger partial charge is 0.472 e. The Morgan fingerprint density at radius 3 is 0.826 bits per heavy atom. The van der Waals surface area contributed by atoms with E-state index in [-0.39, 0.29) is 25.7 Å². The zero-order valence-electron chi connectivity index (χ0n) is 60.0. The van der Waals surface area contributed by atoms with Crippen LogP contribution in [0.3, 0.4) is 0 Å². The van der Waals surface area contributed by atoms with Crippen molar-refractivity contribution in [2.75, 3.05) is 39.6 Å². The molecule has 0 aliphatic rings. The second-order valence-electron chi connectivity index (χ2n) is 27.5. The highest BCUT2D eigenvalue weighted by Gasteiger charge is 2.30. The number of aliphatic hydroxyl groups excluding tert-OH is 1. The Morgan fingerprint density at radius 1 is 0.315 bits per heavy atom. The van der Waals surface area contributed by atoms with Crippen LogP contribution in [0.25, 0.3) is 0 Å². The predicted octanol–water partition coefficient (Wildman–Crippen LogP) is 21.0. The Kier molecular flexibility index (Phi) is 62.4. The van der Waals surface area contributed by atoms with E-state index < -0.39 is 97.5 Å². The van der Waals surface area contributed by atoms with Crippen molar-refractivity contribution in [3.63, 3.8) is 0 Å². The lowest BCUT2D eigenvalue weighted by atomic mass is 10.00. The normalized spacial score (nSPS) is 14.4. The number of carbonyl (C=O) groups excluding carboxylic acids is 4. The van der Waals surface area contributed by atoms with Gasteiger partial charge in [-0.1, -0.05) is 318 Å². The monoisotopic (exact) mass is 1350 g/mol. The summed E-state index contributed by atoms with van der Waals surface area (Å²) in [7, 11) is -9.90. The standard InChI is InChI=1S/C73H142O17P2/c1-8-10-11-12-13-14-15-16-17-18-19-20-21-26-29-32-42-49-56-72(77)89-68(60-83-70(75)54-47-40-31-28-25-23-22-24-27-30-37-44-51-64(3)4)62-87-91(79,80)85-58-67(74)59-86-92(81,82)88-63-69(61-84-71(76)55-48-41-35-33-38-45-52-65(5)6)90-73(78)57-50-43-36-34-39-46-53-66(7)9-2/h64-69,74H,8-63H2,1-7H3,(H,79,80)(H,81,82)/t66?,67-,68-,69-/m1/s1. The number of unbranched alkanes of at least 4 members (excludes halogenated alkanes) is 38. The lowest BCUT2D eigenvalue weighted by Crippen LogP contribution is -2.30. The van der Waals surface area contributed by atoms with Gasteiger partial charge in [0.15, 0.2) is 12.2 Å². The SMILES string of the molecule is CCCCCCCCCCCCCCCCCCCCC(=O)O[C@H](COC(=O)CCCCCCCCCCCCCCC(C)C)COP(=O)(O)OC[C@@H](O)COP(=O)(O)OC[C@@H](COC(=O)CCCCCCCCC(C)C)OC(=O)CCCCCCCCC(C)CC. The molecule has 0 amide bonds. The van der Waals surface area contributed by atoms with Gasteiger partial charge in [-0.05, 0) is 43.4 Å². The fourth-order valence-electron chi connectivity index (χ4n) is 11.0. The number of hydrogen-bond donors (Lipinski definition) is 3. The molecule has 0 aromatic heterocycles. The summed E-state index contributed by atoms with van der Waals surface area (Å²) in [6.45, 7) is 11.8. The second kappa shape index (κ2) is 63.8. The van der Waals surface area contributed by atoms with E-state index in [1.807, 2.05) is 0 Å². The summed E-state index contributed by atoms with van der Waals surface area (Å²) in [6, 6.07) is 0. The lowest BCUT2D eigenvalue weighted by molar-refractivity contribution is -0.161. The van der Waals surface area contributed by atoms with E-state index in [1.165, 1.54) is 173 Å². The van der Waals surface area contributed by atoms with E-state index >= 15 is 0 Å². The van der Waals surface area contributed by atoms with Gasteiger partial charge in [-0.3, -0.25) is 37.3 Å². The molecule has 0 saturated heterocycles. The summed E-state index contributed by atoms with van der Waals surface area (Å²) in [4.78, 5) is 72.6. The van der Waals surface area contributed by atoms with Crippen molar-refractivity contribution in [3.05, 3.63) is 0 Å². The zero-order valence-corrected chi connectivity index (χ0v) is 61.8. The first-order chi connectivity index (χ1) is 44.3. The maximum absolute atomic E-state index is 13.1. The molecule has 0 saturated carbocycles. The molecule has 3 unspecified atom stereocenters. The van der Waals surface area contributed by atoms with Crippen LogP contribution in [-0.2, 0) is 65.4 Å². The van der Waals surface area contributed by atoms with E-state index in [9.17, 15) is 43.2 Å². The van der Waals surface area contributed by atoms with Gasteiger partial charge in [0, 0.05) is 25.7 Å². The molecule has 0 aliphatic carbocycles. The summed E-state index contributed by atoms with van der Waals surface area (Å²) >= 11 is 0. The Hall–Kier alpha value is -1.94. The number of hydrogen-bond acceptors (Lipinski definition) is 15. The Labute approximate surface area is 562 Å². The molecule has 19 heteroatoms. The average molecular weight is 1350 g/mol. The minimum atomic E-state index is -4.96. The molecular formula is C73H142O17P2. The van der Waals surface area contributed by atoms with Crippen molar-refractivity contribution >= 4 is 39.5 Å². The lowest BCUT2D eigenvalue weighted by Gasteiger charge is -2.21. The number of phosphoric ester groups is 2. The van der Waals surface area contributed by atoms with Crippen molar-refractivity contribution in [1.82, 2.24) is 0 Å². The van der Waals surface area contributed by atoms with Gasteiger partial charge < -0.3 is 33.8 Å². The average Bonchev–Trinajstić information content (AvgIpc) is 1.88. The van der Waals surface area contributed by atoms with Gasteiger partial charge in [0.25, 0.3) is 0 Å². The Morgan fingerprint density at radius 2 is 0.554 bits per heavy atom. The highest BCUT2D eigenvalue weighted by molar-refractivity contribution is 7.47. The summed E-state index contributed by atoms with van der Waals surface area (Å²) in [5.74, 6) is 0.0544. The number of carbonyl (C=O) groups is 4. The molecular weight excluding hydrogens is 1210 g/mol. The number of esters is 4. The highest BCUT2D eigenvalue weighted by Crippen LogP contribution is 2.45. The second-order valence-corrected chi connectivity index (χ2v) is 30.4. The first-order valence-corrected chi connectivity index (χ1v) is 40.9. The van der Waals surface area contributed by atoms with Gasteiger partial charge in [0.2, 0.25) is 0 Å². The molecule has 0 radical (unpaired) electrons. The van der Waals surface area contributed by atoms with Gasteiger partial charge >= 0.3 is 39.5 Å². The predicted molar refractivity (Wildman–Crippen MR) is 372 cm³/mol. The molecule has 0 aromatic carbocycles. The first-order valence-electron chi connectivity index (χ1n) is 37.9. The maximum Gasteiger partial charge on any atom is 0.472 e. The van der Waals surface area contributed by atoms with Crippen LogP contribution in [0, 0.1) is 17.8 Å². The molecule has 0 spiro atoms. The van der Waals surface area contributed by atoms with Crippen molar-refractivity contribution in [2.24, 2.45) is 17.8 Å². The van der Waals surface area contributed by atoms with Gasteiger partial charge in [0.1, 0.15) is 19.3 Å². The van der Waals surface area contributed by atoms with E-state index in [0.29, 0.717) is 31.6 Å². The van der Waals surface area contributed by atoms with Gasteiger partial charge in [-0.25, -0.2) is 9.13 Å². The van der Waals surface area contributed by atoms with Crippen LogP contribution in [0.2, 0.25) is 0 Å². The molecule has 0 heterocycles. The highest BCUT2D eigenvalue weighted by atomic mass is 31.2. The number of aliphatic hydroxyl groups is 1. The maximum atomic E-state index is 13.1. The number of ether oxygens (including phenoxy) is 4. The van der Waals surface area contributed by atoms with Crippen molar-refractivity contribution in [1.29, 1.82) is 0 Å². The van der Waals surface area contributed by atoms with Crippen LogP contribution < -0.4 is 0 Å². The molecule has 17 nitrogen and oxygen atoms in total. The minimum Gasteiger partial charge on any atom is -0.462 e. The van der Waals surface area contributed by atoms with Crippen molar-refractivity contribution in [2.45, 2.75) is 388 Å². The van der Waals surface area contributed by atoms with Crippen LogP contribution in [0.5, 0.6) is 0 Å². The molecule has 0 aromatic rings. The summed E-state index contributed by atoms with van der Waals surface area (Å²) in [5, 5.41) is 10.6. The Balaban J connectivity index is 5.22. The van der Waals surface area contributed by atoms with Crippen molar-refractivity contribution < 1.29 is 80.2 Å². The molecule has 6 atom stereocenters. The van der Waals surface area contributed by atoms with E-state index in [4.69, 9.17) is 37.0 Å². The fraction of sp³-hybridized carbons (Fsp3) is 0.945. The summed E-state index contributed by atoms with van der Waals surface area (Å²) in [5.41, 5.74) is 0. The quantitative estimate of drug-likeness (QED) is 0.0222. The molecule has 3 N–H and O–H groups in total. The molecule has 546 valence electrons. The van der Waals surface area contributed by atoms with Crippen molar-refractivity contribution in [3.8, 4) is 0 Å². The van der Waals surface area contributed by atoms with Crippen LogP contribution in [-0.4, -0.2) is 96.7 Å². The molecule has 0 aliphatic heterocycles. The zero-order chi connectivity index (χ0) is 68.0. The number of rotatable bonds is 71. The molecule has 0 fully saturated rings. The van der Waals surface area contributed by atoms with Crippen LogP contribution >= 0.6 is 15.6 Å². The Bertz CT molecular complexity index is 1800. The van der Waals surface area contributed by atoms with Crippen LogP contribution in [0.15, 0.2) is 0 Å². The third-order valence-corrected chi connectivity index (χ3v) is 19.1. The van der Waals surface area contributed by atoms with Gasteiger partial charge in [-0.2, -0.15) is 0 Å². The fourth-order valence-corrected chi connectivity index (χ4v) is 12.6. The van der Waals surface area contributed by atoms with E-state index in [2.05, 4.69) is 48.5 Å². The van der Waals surface area contributed by atoms with E-state index in [0.717, 1.165) is 108 Å². The van der Waals surface area contributed by atoms with Crippen LogP contribution in [0.4, 0.5) is 0 Å². The minimum absolute atomic E-state index is 0.102. The third-order valence-electron chi connectivity index (χ3n) is 17.2. The van der Waals surface area contributed by atoms with Crippen LogP contribution in [0.1, 0.15) is 370 Å². The summed E-state index contributed by atoms with van der Waals surface area (Å²) in [6.07, 6.45) is 48.8. The van der Waals surface area contributed by atoms with E-state index in [1.54, 1.807) is 0 Å². The van der Waals surface area contributed by atoms with Gasteiger partial charge in [-0.15, -0.1) is 0 Å². The molecule has 0 rings (SSSR count). The van der Waals surface area contributed by atoms with Gasteiger partial charge in [0.05, 0.1) is 26.4 Å². The smallest absolute Gasteiger partial charge is 0.462 e. The number of phosphoric acid groups is 2. The molecule has 0 bridgehead atoms. The summed E-state index contributed by atoms with van der Waals surface area (Å²) < 4.78 is 68.3. The third kappa shape index (κ3) is 65.4. The topological polar surface area (TPSA) is 237 Å².